The number of nitrogens with two attached hydrogens (primary N) is 1. The third kappa shape index (κ3) is 2.94. The Balaban J connectivity index is 2.19. The number of carbonyl (C=O) groups is 1. The minimum Gasteiger partial charge on any atom is -0.391 e. The van der Waals surface area contributed by atoms with Gasteiger partial charge in [-0.25, -0.2) is 0 Å². The molecule has 1 aromatic heterocycles. The smallest absolute Gasteiger partial charge is 0.255 e. The standard InChI is InChI=1S/C13H20N4OS/c1-9-10(8-15-17-9)11(18)16-13(12(14)19)6-4-2-3-5-7-13/h8H,2-7H2,1H3,(H2,14,19)(H,15,17)(H,16,18). The summed E-state index contributed by atoms with van der Waals surface area (Å²) in [6, 6.07) is 0. The third-order valence-corrected chi connectivity index (χ3v) is 4.25. The molecule has 1 heterocycles. The van der Waals surface area contributed by atoms with Crippen LogP contribution in [-0.2, 0) is 0 Å². The van der Waals surface area contributed by atoms with E-state index >= 15 is 0 Å². The molecule has 0 bridgehead atoms. The number of aromatic amines is 1. The number of aryl methyl sites for hydroxylation is 1. The molecule has 1 aromatic rings. The van der Waals surface area contributed by atoms with Crippen molar-refractivity contribution in [3.05, 3.63) is 17.5 Å². The van der Waals surface area contributed by atoms with Gasteiger partial charge in [-0.15, -0.1) is 0 Å². The predicted molar refractivity (Wildman–Crippen MR) is 78.0 cm³/mol. The first kappa shape index (κ1) is 14.0. The van der Waals surface area contributed by atoms with Gasteiger partial charge in [0.25, 0.3) is 5.91 Å². The van der Waals surface area contributed by atoms with E-state index in [0.717, 1.165) is 31.4 Å². The molecule has 0 aliphatic heterocycles. The zero-order chi connectivity index (χ0) is 13.9. The van der Waals surface area contributed by atoms with Crippen molar-refractivity contribution in [2.24, 2.45) is 5.73 Å². The molecular weight excluding hydrogens is 260 g/mol. The number of hydrogen-bond acceptors (Lipinski definition) is 3. The molecule has 1 saturated carbocycles. The van der Waals surface area contributed by atoms with Crippen LogP contribution in [0.5, 0.6) is 0 Å². The third-order valence-electron chi connectivity index (χ3n) is 3.86. The number of amides is 1. The van der Waals surface area contributed by atoms with E-state index in [9.17, 15) is 4.79 Å². The van der Waals surface area contributed by atoms with Gasteiger partial charge in [-0.1, -0.05) is 37.9 Å². The number of nitrogens with zero attached hydrogens (tertiary/aromatic N) is 1. The molecule has 2 rings (SSSR count). The second-order valence-electron chi connectivity index (χ2n) is 5.22. The molecule has 0 aromatic carbocycles. The van der Waals surface area contributed by atoms with Crippen molar-refractivity contribution in [1.82, 2.24) is 15.5 Å². The van der Waals surface area contributed by atoms with Crippen molar-refractivity contribution < 1.29 is 4.79 Å². The molecule has 0 unspecified atom stereocenters. The van der Waals surface area contributed by atoms with Crippen LogP contribution in [-0.4, -0.2) is 26.6 Å². The molecule has 6 heteroatoms. The van der Waals surface area contributed by atoms with E-state index in [0.29, 0.717) is 10.6 Å². The number of aromatic nitrogens is 2. The molecule has 1 aliphatic carbocycles. The van der Waals surface area contributed by atoms with E-state index in [4.69, 9.17) is 18.0 Å². The molecule has 1 fully saturated rings. The average molecular weight is 280 g/mol. The largest absolute Gasteiger partial charge is 0.391 e. The normalized spacial score (nSPS) is 18.6. The van der Waals surface area contributed by atoms with E-state index in [2.05, 4.69) is 15.5 Å². The summed E-state index contributed by atoms with van der Waals surface area (Å²) in [6.45, 7) is 1.82. The average Bonchev–Trinajstić information content (AvgIpc) is 2.64. The summed E-state index contributed by atoms with van der Waals surface area (Å²) in [7, 11) is 0. The van der Waals surface area contributed by atoms with E-state index in [-0.39, 0.29) is 5.91 Å². The molecule has 104 valence electrons. The molecule has 1 amide bonds. The maximum absolute atomic E-state index is 12.3. The topological polar surface area (TPSA) is 83.8 Å². The highest BCUT2D eigenvalue weighted by Gasteiger charge is 2.36. The van der Waals surface area contributed by atoms with E-state index < -0.39 is 5.54 Å². The molecule has 0 saturated heterocycles. The van der Waals surface area contributed by atoms with Gasteiger partial charge in [0.2, 0.25) is 0 Å². The van der Waals surface area contributed by atoms with Crippen molar-refractivity contribution in [2.75, 3.05) is 0 Å². The lowest BCUT2D eigenvalue weighted by atomic mass is 9.89. The van der Waals surface area contributed by atoms with Crippen LogP contribution in [0, 0.1) is 6.92 Å². The predicted octanol–water partition coefficient (Wildman–Crippen LogP) is 1.83. The van der Waals surface area contributed by atoms with E-state index in [1.807, 2.05) is 6.92 Å². The minimum absolute atomic E-state index is 0.152. The first-order chi connectivity index (χ1) is 9.05. The van der Waals surface area contributed by atoms with Gasteiger partial charge in [0.05, 0.1) is 22.3 Å². The van der Waals surface area contributed by atoms with Crippen LogP contribution < -0.4 is 11.1 Å². The van der Waals surface area contributed by atoms with Crippen LogP contribution in [0.4, 0.5) is 0 Å². The van der Waals surface area contributed by atoms with Crippen molar-refractivity contribution in [3.63, 3.8) is 0 Å². The Hall–Kier alpha value is -1.43. The number of H-pyrrole nitrogens is 1. The summed E-state index contributed by atoms with van der Waals surface area (Å²) in [5, 5.41) is 9.69. The van der Waals surface area contributed by atoms with Gasteiger partial charge in [0.15, 0.2) is 0 Å². The fourth-order valence-electron chi connectivity index (χ4n) is 2.63. The van der Waals surface area contributed by atoms with Crippen LogP contribution in [0.25, 0.3) is 0 Å². The highest BCUT2D eigenvalue weighted by Crippen LogP contribution is 2.28. The first-order valence-electron chi connectivity index (χ1n) is 6.67. The Labute approximate surface area is 118 Å². The molecule has 0 atom stereocenters. The maximum Gasteiger partial charge on any atom is 0.255 e. The first-order valence-corrected chi connectivity index (χ1v) is 7.08. The van der Waals surface area contributed by atoms with Crippen molar-refractivity contribution in [1.29, 1.82) is 0 Å². The van der Waals surface area contributed by atoms with Crippen LogP contribution in [0.2, 0.25) is 0 Å². The number of nitrogens with one attached hydrogen (secondary N) is 2. The van der Waals surface area contributed by atoms with Crippen LogP contribution in [0.15, 0.2) is 6.20 Å². The molecule has 1 aliphatic rings. The Morgan fingerprint density at radius 3 is 2.53 bits per heavy atom. The molecule has 19 heavy (non-hydrogen) atoms. The maximum atomic E-state index is 12.3. The summed E-state index contributed by atoms with van der Waals surface area (Å²) in [4.78, 5) is 12.7. The molecule has 5 nitrogen and oxygen atoms in total. The van der Waals surface area contributed by atoms with Crippen molar-refractivity contribution >= 4 is 23.1 Å². The fraction of sp³-hybridized carbons (Fsp3) is 0.615. The Bertz CT molecular complexity index is 475. The van der Waals surface area contributed by atoms with Crippen LogP contribution in [0.1, 0.15) is 54.6 Å². The highest BCUT2D eigenvalue weighted by atomic mass is 32.1. The van der Waals surface area contributed by atoms with Gasteiger partial charge in [0.1, 0.15) is 0 Å². The second kappa shape index (κ2) is 5.69. The molecule has 0 spiro atoms. The Kier molecular flexibility index (Phi) is 4.19. The summed E-state index contributed by atoms with van der Waals surface area (Å²) >= 11 is 5.21. The number of carbonyl (C=O) groups excluding carboxylic acids is 1. The SMILES string of the molecule is Cc1[nH]ncc1C(=O)NC1(C(N)=S)CCCCCC1. The highest BCUT2D eigenvalue weighted by molar-refractivity contribution is 7.80. The number of thiocarbonyl (C=S) groups is 1. The fourth-order valence-corrected chi connectivity index (χ4v) is 2.88. The van der Waals surface area contributed by atoms with Gasteiger partial charge in [0, 0.05) is 5.69 Å². The minimum atomic E-state index is -0.535. The summed E-state index contributed by atoms with van der Waals surface area (Å²) in [5.74, 6) is -0.152. The van der Waals surface area contributed by atoms with Gasteiger partial charge >= 0.3 is 0 Å². The van der Waals surface area contributed by atoms with Crippen molar-refractivity contribution in [3.8, 4) is 0 Å². The number of rotatable bonds is 3. The quantitative estimate of drug-likeness (QED) is 0.582. The molecule has 0 radical (unpaired) electrons. The molecular formula is C13H20N4OS. The van der Waals surface area contributed by atoms with Gasteiger partial charge in [-0.3, -0.25) is 9.89 Å². The Morgan fingerprint density at radius 2 is 2.05 bits per heavy atom. The summed E-state index contributed by atoms with van der Waals surface area (Å²) < 4.78 is 0. The zero-order valence-corrected chi connectivity index (χ0v) is 12.0. The number of hydrogen-bond donors (Lipinski definition) is 3. The Morgan fingerprint density at radius 1 is 1.42 bits per heavy atom. The zero-order valence-electron chi connectivity index (χ0n) is 11.2. The van der Waals surface area contributed by atoms with Crippen molar-refractivity contribution in [2.45, 2.75) is 51.0 Å². The second-order valence-corrected chi connectivity index (χ2v) is 5.66. The van der Waals surface area contributed by atoms with Gasteiger partial charge in [-0.05, 0) is 19.8 Å². The van der Waals surface area contributed by atoms with Gasteiger partial charge < -0.3 is 11.1 Å². The van der Waals surface area contributed by atoms with E-state index in [1.165, 1.54) is 19.0 Å². The van der Waals surface area contributed by atoms with Gasteiger partial charge in [-0.2, -0.15) is 5.10 Å². The monoisotopic (exact) mass is 280 g/mol. The lowest BCUT2D eigenvalue weighted by Gasteiger charge is -2.32. The van der Waals surface area contributed by atoms with Crippen LogP contribution >= 0.6 is 12.2 Å². The summed E-state index contributed by atoms with van der Waals surface area (Å²) in [6.07, 6.45) is 7.62. The summed E-state index contributed by atoms with van der Waals surface area (Å²) in [5.41, 5.74) is 6.68. The lowest BCUT2D eigenvalue weighted by Crippen LogP contribution is -2.56. The van der Waals surface area contributed by atoms with E-state index in [1.54, 1.807) is 0 Å². The lowest BCUT2D eigenvalue weighted by molar-refractivity contribution is 0.0917. The molecule has 4 N–H and O–H groups in total. The van der Waals surface area contributed by atoms with Crippen LogP contribution in [0.3, 0.4) is 0 Å².